The number of fused-ring (bicyclic) bond motifs is 1. The highest BCUT2D eigenvalue weighted by atomic mass is 16.5. The Labute approximate surface area is 239 Å². The summed E-state index contributed by atoms with van der Waals surface area (Å²) in [5, 5.41) is 7.63. The third kappa shape index (κ3) is 5.14. The number of amides is 1. The van der Waals surface area contributed by atoms with Gasteiger partial charge in [-0.3, -0.25) is 9.89 Å². The number of aromatic nitrogens is 2. The monoisotopic (exact) mass is 545 g/mol. The molecule has 7 nitrogen and oxygen atoms in total. The number of carbonyl (C=O) groups excluding carboxylic acids is 1. The number of hydrogen-bond donors (Lipinski definition) is 1. The van der Waals surface area contributed by atoms with Gasteiger partial charge in [-0.15, -0.1) is 0 Å². The fraction of sp³-hybridized carbons (Fsp3) is 0.176. The molecule has 0 saturated heterocycles. The SMILES string of the molecule is COc1ccc(-c2n[nH]c3c2C(c2ccc(OCc4ccccc4)c(OC)c2)N(Cc2ccc(C)cc2)C3=O)cc1. The van der Waals surface area contributed by atoms with Gasteiger partial charge < -0.3 is 19.1 Å². The highest BCUT2D eigenvalue weighted by molar-refractivity contribution is 6.00. The molecular weight excluding hydrogens is 514 g/mol. The van der Waals surface area contributed by atoms with Crippen LogP contribution in [0, 0.1) is 6.92 Å². The van der Waals surface area contributed by atoms with Gasteiger partial charge in [0.15, 0.2) is 11.5 Å². The van der Waals surface area contributed by atoms with Crippen LogP contribution in [0.2, 0.25) is 0 Å². The molecule has 1 aliphatic rings. The average Bonchev–Trinajstić information content (AvgIpc) is 3.56. The van der Waals surface area contributed by atoms with Crippen LogP contribution in [0.1, 0.15) is 44.3 Å². The smallest absolute Gasteiger partial charge is 0.273 e. The number of H-pyrrole nitrogens is 1. The summed E-state index contributed by atoms with van der Waals surface area (Å²) in [5.41, 5.74) is 7.16. The first kappa shape index (κ1) is 26.2. The minimum atomic E-state index is -0.383. The fourth-order valence-corrected chi connectivity index (χ4v) is 5.27. The van der Waals surface area contributed by atoms with Crippen molar-refractivity contribution in [2.24, 2.45) is 0 Å². The zero-order valence-electron chi connectivity index (χ0n) is 23.3. The first-order valence-electron chi connectivity index (χ1n) is 13.5. The van der Waals surface area contributed by atoms with Crippen LogP contribution in [-0.4, -0.2) is 35.2 Å². The standard InChI is InChI=1S/C34H31N3O4/c1-22-9-11-23(12-10-22)20-37-33(26-15-18-28(29(19-26)40-3)41-21-24-7-5-4-6-8-24)30-31(35-36-32(30)34(37)38)25-13-16-27(39-2)17-14-25/h4-19,33H,20-21H2,1-3H3,(H,35,36). The minimum Gasteiger partial charge on any atom is -0.497 e. The van der Waals surface area contributed by atoms with Crippen molar-refractivity contribution in [2.45, 2.75) is 26.1 Å². The Bertz CT molecular complexity index is 1660. The number of nitrogens with zero attached hydrogens (tertiary/aromatic N) is 2. The largest absolute Gasteiger partial charge is 0.497 e. The number of carbonyl (C=O) groups is 1. The third-order valence-corrected chi connectivity index (χ3v) is 7.44. The summed E-state index contributed by atoms with van der Waals surface area (Å²) in [6.07, 6.45) is 0. The summed E-state index contributed by atoms with van der Waals surface area (Å²) < 4.78 is 17.2. The van der Waals surface area contributed by atoms with Crippen LogP contribution in [0.5, 0.6) is 17.2 Å². The molecule has 0 radical (unpaired) electrons. The van der Waals surface area contributed by atoms with Crippen molar-refractivity contribution in [1.29, 1.82) is 0 Å². The number of rotatable bonds is 9. The fourth-order valence-electron chi connectivity index (χ4n) is 5.27. The summed E-state index contributed by atoms with van der Waals surface area (Å²) in [5.74, 6) is 1.90. The van der Waals surface area contributed by atoms with Crippen LogP contribution < -0.4 is 14.2 Å². The number of aromatic amines is 1. The molecule has 1 aliphatic heterocycles. The van der Waals surface area contributed by atoms with E-state index >= 15 is 0 Å². The number of methoxy groups -OCH3 is 2. The molecule has 7 heteroatoms. The van der Waals surface area contributed by atoms with Gasteiger partial charge in [-0.25, -0.2) is 0 Å². The molecule has 41 heavy (non-hydrogen) atoms. The summed E-state index contributed by atoms with van der Waals surface area (Å²) in [4.78, 5) is 15.7. The quantitative estimate of drug-likeness (QED) is 0.222. The number of benzene rings is 4. The van der Waals surface area contributed by atoms with Gasteiger partial charge in [0.05, 0.1) is 26.0 Å². The van der Waals surface area contributed by atoms with Crippen molar-refractivity contribution in [1.82, 2.24) is 15.1 Å². The lowest BCUT2D eigenvalue weighted by atomic mass is 9.95. The second-order valence-electron chi connectivity index (χ2n) is 10.1. The Morgan fingerprint density at radius 3 is 2.29 bits per heavy atom. The molecule has 1 aromatic heterocycles. The van der Waals surface area contributed by atoms with E-state index in [1.165, 1.54) is 5.56 Å². The van der Waals surface area contributed by atoms with Gasteiger partial charge in [0.1, 0.15) is 18.1 Å². The molecule has 1 N–H and O–H groups in total. The molecule has 2 heterocycles. The highest BCUT2D eigenvalue weighted by Crippen LogP contribution is 2.45. The molecule has 1 unspecified atom stereocenters. The van der Waals surface area contributed by atoms with Crippen LogP contribution in [0.15, 0.2) is 97.1 Å². The van der Waals surface area contributed by atoms with Crippen molar-refractivity contribution in [2.75, 3.05) is 14.2 Å². The summed E-state index contributed by atoms with van der Waals surface area (Å²) in [6, 6.07) is 31.5. The Balaban J connectivity index is 1.40. The maximum atomic E-state index is 13.9. The van der Waals surface area contributed by atoms with Crippen LogP contribution in [0.4, 0.5) is 0 Å². The van der Waals surface area contributed by atoms with Crippen LogP contribution in [0.3, 0.4) is 0 Å². The topological polar surface area (TPSA) is 76.7 Å². The first-order valence-corrected chi connectivity index (χ1v) is 13.5. The van der Waals surface area contributed by atoms with E-state index in [4.69, 9.17) is 14.2 Å². The maximum absolute atomic E-state index is 13.9. The van der Waals surface area contributed by atoms with Crippen molar-refractivity contribution in [3.05, 3.63) is 131 Å². The van der Waals surface area contributed by atoms with Gasteiger partial charge in [0.2, 0.25) is 0 Å². The van der Waals surface area contributed by atoms with E-state index in [2.05, 4.69) is 41.4 Å². The van der Waals surface area contributed by atoms with E-state index < -0.39 is 0 Å². The van der Waals surface area contributed by atoms with Gasteiger partial charge >= 0.3 is 0 Å². The van der Waals surface area contributed by atoms with E-state index in [1.54, 1.807) is 14.2 Å². The van der Waals surface area contributed by atoms with Crippen molar-refractivity contribution in [3.63, 3.8) is 0 Å². The van der Waals surface area contributed by atoms with E-state index in [0.29, 0.717) is 30.3 Å². The van der Waals surface area contributed by atoms with Crippen LogP contribution >= 0.6 is 0 Å². The van der Waals surface area contributed by atoms with Crippen molar-refractivity contribution >= 4 is 5.91 Å². The van der Waals surface area contributed by atoms with E-state index in [0.717, 1.165) is 39.3 Å². The summed E-state index contributed by atoms with van der Waals surface area (Å²) in [6.45, 7) is 2.92. The Kier molecular flexibility index (Phi) is 7.17. The minimum absolute atomic E-state index is 0.0961. The molecular formula is C34H31N3O4. The van der Waals surface area contributed by atoms with Gasteiger partial charge in [-0.2, -0.15) is 5.10 Å². The number of ether oxygens (including phenoxy) is 3. The van der Waals surface area contributed by atoms with Gasteiger partial charge in [0, 0.05) is 17.7 Å². The van der Waals surface area contributed by atoms with Crippen molar-refractivity contribution < 1.29 is 19.0 Å². The lowest BCUT2D eigenvalue weighted by molar-refractivity contribution is 0.0730. The molecule has 1 atom stereocenters. The van der Waals surface area contributed by atoms with Crippen molar-refractivity contribution in [3.8, 4) is 28.5 Å². The van der Waals surface area contributed by atoms with Gasteiger partial charge in [-0.05, 0) is 60.0 Å². The van der Waals surface area contributed by atoms with Crippen LogP contribution in [-0.2, 0) is 13.2 Å². The second kappa shape index (κ2) is 11.2. The molecule has 0 aliphatic carbocycles. The Hall–Kier alpha value is -5.04. The number of hydrogen-bond acceptors (Lipinski definition) is 5. The lowest BCUT2D eigenvalue weighted by Gasteiger charge is -2.27. The number of aryl methyl sites for hydroxylation is 1. The molecule has 0 saturated carbocycles. The Morgan fingerprint density at radius 1 is 0.829 bits per heavy atom. The third-order valence-electron chi connectivity index (χ3n) is 7.44. The first-order chi connectivity index (χ1) is 20.1. The molecule has 5 aromatic rings. The summed E-state index contributed by atoms with van der Waals surface area (Å²) in [7, 11) is 3.27. The molecule has 0 fully saturated rings. The van der Waals surface area contributed by atoms with E-state index in [1.807, 2.05) is 77.7 Å². The molecule has 4 aromatic carbocycles. The molecule has 0 spiro atoms. The highest BCUT2D eigenvalue weighted by Gasteiger charge is 2.42. The summed E-state index contributed by atoms with van der Waals surface area (Å²) >= 11 is 0. The van der Waals surface area contributed by atoms with Gasteiger partial charge in [0.25, 0.3) is 5.91 Å². The average molecular weight is 546 g/mol. The molecule has 1 amide bonds. The second-order valence-corrected chi connectivity index (χ2v) is 10.1. The molecule has 0 bridgehead atoms. The van der Waals surface area contributed by atoms with Gasteiger partial charge in [-0.1, -0.05) is 66.2 Å². The lowest BCUT2D eigenvalue weighted by Crippen LogP contribution is -2.29. The maximum Gasteiger partial charge on any atom is 0.273 e. The Morgan fingerprint density at radius 2 is 1.59 bits per heavy atom. The zero-order chi connectivity index (χ0) is 28.3. The number of nitrogens with one attached hydrogen (secondary N) is 1. The molecule has 206 valence electrons. The normalized spacial score (nSPS) is 14.2. The predicted molar refractivity (Wildman–Crippen MR) is 157 cm³/mol. The van der Waals surface area contributed by atoms with Crippen LogP contribution in [0.25, 0.3) is 11.3 Å². The van der Waals surface area contributed by atoms with E-state index in [-0.39, 0.29) is 11.9 Å². The van der Waals surface area contributed by atoms with E-state index in [9.17, 15) is 4.79 Å². The zero-order valence-corrected chi connectivity index (χ0v) is 23.3. The predicted octanol–water partition coefficient (Wildman–Crippen LogP) is 6.73. The molecule has 6 rings (SSSR count).